The number of hydrazone groups is 1. The fraction of sp³-hybridized carbons (Fsp3) is 0.304. The molecule has 160 valence electrons. The van der Waals surface area contributed by atoms with Gasteiger partial charge in [-0.3, -0.25) is 14.7 Å². The molecule has 1 aliphatic rings. The molecule has 7 nitrogen and oxygen atoms in total. The van der Waals surface area contributed by atoms with Gasteiger partial charge in [0.1, 0.15) is 0 Å². The first-order valence-electron chi connectivity index (χ1n) is 10.4. The molecular formula is C23H26N6OS. The van der Waals surface area contributed by atoms with Gasteiger partial charge in [-0.15, -0.1) is 0 Å². The lowest BCUT2D eigenvalue weighted by atomic mass is 9.88. The average molecular weight is 435 g/mol. The number of nitrogens with zero attached hydrogens (tertiary/aromatic N) is 4. The molecule has 2 aromatic carbocycles. The number of carbonyl (C=O) groups is 1. The van der Waals surface area contributed by atoms with Crippen LogP contribution in [0.5, 0.6) is 0 Å². The van der Waals surface area contributed by atoms with E-state index in [1.165, 1.54) is 23.8 Å². The van der Waals surface area contributed by atoms with Crippen molar-refractivity contribution >= 4 is 50.2 Å². The van der Waals surface area contributed by atoms with Gasteiger partial charge < -0.3 is 11.2 Å². The summed E-state index contributed by atoms with van der Waals surface area (Å²) >= 11 is 1.52. The van der Waals surface area contributed by atoms with Gasteiger partial charge in [0.05, 0.1) is 27.8 Å². The summed E-state index contributed by atoms with van der Waals surface area (Å²) in [5.41, 5.74) is 3.93. The number of aromatic nitrogens is 1. The second-order valence-electron chi connectivity index (χ2n) is 7.66. The molecule has 0 atom stereocenters. The number of carbonyl (C=O) groups excluding carboxylic acids is 1. The SMILES string of the molecule is CC(=O)Nc1nc2c(C3CCN(CC(C=Nc4ccccc4)=NN)CC3)cccc2s1. The molecule has 3 aromatic rings. The molecule has 0 radical (unpaired) electrons. The minimum atomic E-state index is -0.0953. The van der Waals surface area contributed by atoms with Crippen molar-refractivity contribution in [2.75, 3.05) is 25.0 Å². The number of nitrogens with one attached hydrogen (secondary N) is 1. The molecule has 1 aliphatic heterocycles. The number of thiazole rings is 1. The first-order valence-corrected chi connectivity index (χ1v) is 11.2. The number of nitrogens with two attached hydrogens (primary N) is 1. The van der Waals surface area contributed by atoms with E-state index >= 15 is 0 Å². The van der Waals surface area contributed by atoms with Crippen LogP contribution in [-0.4, -0.2) is 47.4 Å². The van der Waals surface area contributed by atoms with Gasteiger partial charge in [0, 0.05) is 13.5 Å². The van der Waals surface area contributed by atoms with Crippen LogP contribution in [0.1, 0.15) is 31.2 Å². The highest BCUT2D eigenvalue weighted by atomic mass is 32.1. The number of fused-ring (bicyclic) bond motifs is 1. The summed E-state index contributed by atoms with van der Waals surface area (Å²) in [7, 11) is 0. The minimum Gasteiger partial charge on any atom is -0.323 e. The van der Waals surface area contributed by atoms with Gasteiger partial charge in [-0.05, 0) is 55.6 Å². The van der Waals surface area contributed by atoms with Crippen molar-refractivity contribution in [3.63, 3.8) is 0 Å². The number of likely N-dealkylation sites (tertiary alicyclic amines) is 1. The number of hydrogen-bond donors (Lipinski definition) is 2. The third kappa shape index (κ3) is 5.34. The van der Waals surface area contributed by atoms with Crippen molar-refractivity contribution in [2.24, 2.45) is 15.9 Å². The Morgan fingerprint density at radius 2 is 2.00 bits per heavy atom. The molecule has 0 unspecified atom stereocenters. The van der Waals surface area contributed by atoms with Crippen LogP contribution in [0.3, 0.4) is 0 Å². The summed E-state index contributed by atoms with van der Waals surface area (Å²) in [5.74, 6) is 5.96. The number of amides is 1. The zero-order chi connectivity index (χ0) is 21.6. The topological polar surface area (TPSA) is 96.0 Å². The van der Waals surface area contributed by atoms with Crippen molar-refractivity contribution in [1.82, 2.24) is 9.88 Å². The number of piperidine rings is 1. The summed E-state index contributed by atoms with van der Waals surface area (Å²) in [6.45, 7) is 4.11. The molecule has 3 N–H and O–H groups in total. The predicted molar refractivity (Wildman–Crippen MR) is 129 cm³/mol. The van der Waals surface area contributed by atoms with Gasteiger partial charge in [0.25, 0.3) is 0 Å². The van der Waals surface area contributed by atoms with Crippen molar-refractivity contribution in [3.8, 4) is 0 Å². The van der Waals surface area contributed by atoms with E-state index in [4.69, 9.17) is 5.84 Å². The largest absolute Gasteiger partial charge is 0.323 e. The lowest BCUT2D eigenvalue weighted by molar-refractivity contribution is -0.114. The molecule has 2 heterocycles. The van der Waals surface area contributed by atoms with Crippen molar-refractivity contribution < 1.29 is 4.79 Å². The van der Waals surface area contributed by atoms with Crippen LogP contribution < -0.4 is 11.2 Å². The predicted octanol–water partition coefficient (Wildman–Crippen LogP) is 4.15. The van der Waals surface area contributed by atoms with Crippen LogP contribution in [-0.2, 0) is 4.79 Å². The Bertz CT molecular complexity index is 1100. The van der Waals surface area contributed by atoms with Crippen molar-refractivity contribution in [3.05, 3.63) is 54.1 Å². The maximum atomic E-state index is 11.4. The van der Waals surface area contributed by atoms with E-state index in [1.807, 2.05) is 30.3 Å². The van der Waals surface area contributed by atoms with Gasteiger partial charge in [-0.2, -0.15) is 5.10 Å². The fourth-order valence-electron chi connectivity index (χ4n) is 3.91. The molecule has 1 saturated heterocycles. The van der Waals surface area contributed by atoms with Crippen molar-refractivity contribution in [2.45, 2.75) is 25.7 Å². The number of para-hydroxylation sites is 2. The van der Waals surface area contributed by atoms with E-state index in [-0.39, 0.29) is 5.91 Å². The van der Waals surface area contributed by atoms with Gasteiger partial charge in [0.2, 0.25) is 5.91 Å². The normalized spacial score (nSPS) is 16.2. The van der Waals surface area contributed by atoms with E-state index < -0.39 is 0 Å². The maximum absolute atomic E-state index is 11.4. The molecule has 0 saturated carbocycles. The number of anilines is 1. The summed E-state index contributed by atoms with van der Waals surface area (Å²) in [6.07, 6.45) is 3.83. The molecule has 8 heteroatoms. The third-order valence-corrected chi connectivity index (χ3v) is 6.37. The molecule has 0 aliphatic carbocycles. The standard InChI is InChI=1S/C23H26N6OS/c1-16(30)26-23-27-22-20(8-5-9-21(22)31-23)17-10-12-29(13-11-17)15-19(28-24)14-25-18-6-3-2-4-7-18/h2-9,14,17H,10-13,15,24H2,1H3,(H,26,27,30). The molecule has 0 bridgehead atoms. The minimum absolute atomic E-state index is 0.0953. The van der Waals surface area contributed by atoms with Crippen LogP contribution >= 0.6 is 11.3 Å². The van der Waals surface area contributed by atoms with Crippen LogP contribution in [0.25, 0.3) is 10.2 Å². The molecule has 1 aromatic heterocycles. The first kappa shape index (κ1) is 21.1. The zero-order valence-electron chi connectivity index (χ0n) is 17.5. The molecule has 31 heavy (non-hydrogen) atoms. The zero-order valence-corrected chi connectivity index (χ0v) is 18.3. The molecular weight excluding hydrogens is 408 g/mol. The summed E-state index contributed by atoms with van der Waals surface area (Å²) in [6, 6.07) is 16.1. The Hall–Kier alpha value is -3.10. The summed E-state index contributed by atoms with van der Waals surface area (Å²) in [4.78, 5) is 22.9. The molecule has 4 rings (SSSR count). The van der Waals surface area contributed by atoms with E-state index in [1.54, 1.807) is 6.21 Å². The lowest BCUT2D eigenvalue weighted by Gasteiger charge is -2.32. The molecule has 0 spiro atoms. The quantitative estimate of drug-likeness (QED) is 0.346. The van der Waals surface area contributed by atoms with E-state index in [9.17, 15) is 4.79 Å². The van der Waals surface area contributed by atoms with Gasteiger partial charge in [-0.1, -0.05) is 41.7 Å². The molecule has 1 fully saturated rings. The number of aliphatic imine (C=N–C) groups is 1. The van der Waals surface area contributed by atoms with Crippen LogP contribution in [0, 0.1) is 0 Å². The number of rotatable bonds is 6. The Morgan fingerprint density at radius 1 is 1.23 bits per heavy atom. The summed E-state index contributed by atoms with van der Waals surface area (Å²) < 4.78 is 1.11. The highest BCUT2D eigenvalue weighted by Gasteiger charge is 2.24. The Kier molecular flexibility index (Phi) is 6.69. The Balaban J connectivity index is 1.39. The molecule has 1 amide bonds. The highest BCUT2D eigenvalue weighted by molar-refractivity contribution is 7.22. The van der Waals surface area contributed by atoms with Gasteiger partial charge >= 0.3 is 0 Å². The van der Waals surface area contributed by atoms with Crippen LogP contribution in [0.2, 0.25) is 0 Å². The lowest BCUT2D eigenvalue weighted by Crippen LogP contribution is -2.37. The second-order valence-corrected chi connectivity index (χ2v) is 8.69. The first-order chi connectivity index (χ1) is 15.1. The van der Waals surface area contributed by atoms with Crippen LogP contribution in [0.4, 0.5) is 10.8 Å². The smallest absolute Gasteiger partial charge is 0.223 e. The Morgan fingerprint density at radius 3 is 2.71 bits per heavy atom. The Labute approximate surface area is 185 Å². The van der Waals surface area contributed by atoms with Crippen LogP contribution in [0.15, 0.2) is 58.6 Å². The van der Waals surface area contributed by atoms with E-state index in [0.717, 1.165) is 47.5 Å². The average Bonchev–Trinajstić information content (AvgIpc) is 3.19. The maximum Gasteiger partial charge on any atom is 0.223 e. The highest BCUT2D eigenvalue weighted by Crippen LogP contribution is 2.36. The van der Waals surface area contributed by atoms with Gasteiger partial charge in [0.15, 0.2) is 5.13 Å². The summed E-state index contributed by atoms with van der Waals surface area (Å²) in [5, 5.41) is 7.39. The van der Waals surface area contributed by atoms with Crippen molar-refractivity contribution in [1.29, 1.82) is 0 Å². The fourth-order valence-corrected chi connectivity index (χ4v) is 4.86. The monoisotopic (exact) mass is 434 g/mol. The van der Waals surface area contributed by atoms with E-state index in [2.05, 4.69) is 43.5 Å². The third-order valence-electron chi connectivity index (χ3n) is 5.43. The number of hydrogen-bond acceptors (Lipinski definition) is 7. The van der Waals surface area contributed by atoms with E-state index in [0.29, 0.717) is 17.6 Å². The number of benzene rings is 2. The second kappa shape index (κ2) is 9.80. The van der Waals surface area contributed by atoms with Gasteiger partial charge in [-0.25, -0.2) is 4.98 Å².